The van der Waals surface area contributed by atoms with Crippen LogP contribution in [0.25, 0.3) is 176 Å². The van der Waals surface area contributed by atoms with Gasteiger partial charge in [0.15, 0.2) is 0 Å². The van der Waals surface area contributed by atoms with Gasteiger partial charge in [-0.05, 0) is 115 Å². The third-order valence-corrected chi connectivity index (χ3v) is 20.0. The average molecular weight is 1240 g/mol. The molecule has 6 aromatic heterocycles. The highest BCUT2D eigenvalue weighted by Gasteiger charge is 2.38. The Bertz CT molecular complexity index is 6660. The van der Waals surface area contributed by atoms with E-state index in [1.54, 1.807) is 6.07 Å². The highest BCUT2D eigenvalue weighted by atomic mass is 19.4. The van der Waals surface area contributed by atoms with Crippen LogP contribution in [0.3, 0.4) is 0 Å². The average Bonchev–Trinajstić information content (AvgIpc) is 1.53. The Labute approximate surface area is 545 Å². The van der Waals surface area contributed by atoms with Crippen LogP contribution in [0, 0.1) is 11.3 Å². The van der Waals surface area contributed by atoms with E-state index in [1.807, 2.05) is 152 Å². The lowest BCUT2D eigenvalue weighted by Gasteiger charge is -2.24. The summed E-state index contributed by atoms with van der Waals surface area (Å²) in [4.78, 5) is 0. The number of aromatic nitrogens is 6. The molecule has 10 heteroatoms. The van der Waals surface area contributed by atoms with Gasteiger partial charge in [-0.25, -0.2) is 0 Å². The number of benzene rings is 14. The monoisotopic (exact) mass is 1240 g/mol. The molecule has 96 heavy (non-hydrogen) atoms. The maximum Gasteiger partial charge on any atom is 0.417 e. The molecule has 20 rings (SSSR count). The van der Waals surface area contributed by atoms with Gasteiger partial charge in [-0.1, -0.05) is 194 Å². The first-order chi connectivity index (χ1) is 47.3. The number of rotatable bonds is 7. The second kappa shape index (κ2) is 20.1. The van der Waals surface area contributed by atoms with E-state index in [0.29, 0.717) is 22.7 Å². The van der Waals surface area contributed by atoms with E-state index in [2.05, 4.69) is 173 Å². The van der Waals surface area contributed by atoms with Gasteiger partial charge in [0.25, 0.3) is 0 Å². The first-order valence-corrected chi connectivity index (χ1v) is 32.1. The van der Waals surface area contributed by atoms with Crippen LogP contribution in [0.4, 0.5) is 13.2 Å². The topological polar surface area (TPSA) is 53.4 Å². The third kappa shape index (κ3) is 7.42. The molecule has 0 amide bonds. The van der Waals surface area contributed by atoms with Crippen molar-refractivity contribution in [3.05, 3.63) is 314 Å². The van der Waals surface area contributed by atoms with Crippen LogP contribution in [0.5, 0.6) is 0 Å². The van der Waals surface area contributed by atoms with Gasteiger partial charge in [-0.2, -0.15) is 18.4 Å². The second-order valence-corrected chi connectivity index (χ2v) is 24.9. The predicted molar refractivity (Wildman–Crippen MR) is 388 cm³/mol. The molecule has 450 valence electrons. The summed E-state index contributed by atoms with van der Waals surface area (Å²) in [5, 5.41) is 23.6. The Hall–Kier alpha value is -12.8. The Morgan fingerprint density at radius 3 is 0.906 bits per heavy atom. The van der Waals surface area contributed by atoms with E-state index >= 15 is 13.2 Å². The van der Waals surface area contributed by atoms with Gasteiger partial charge in [-0.3, -0.25) is 0 Å². The minimum Gasteiger partial charge on any atom is -0.309 e. The second-order valence-electron chi connectivity index (χ2n) is 24.9. The molecular formula is C86H50F3N7. The Morgan fingerprint density at radius 2 is 0.542 bits per heavy atom. The van der Waals surface area contributed by atoms with Crippen molar-refractivity contribution in [3.63, 3.8) is 0 Å². The number of para-hydroxylation sites is 10. The van der Waals surface area contributed by atoms with Crippen LogP contribution in [0.15, 0.2) is 303 Å². The van der Waals surface area contributed by atoms with E-state index in [-0.39, 0.29) is 16.7 Å². The van der Waals surface area contributed by atoms with Gasteiger partial charge in [0, 0.05) is 81.6 Å². The molecule has 6 heterocycles. The predicted octanol–water partition coefficient (Wildman–Crippen LogP) is 22.8. The summed E-state index contributed by atoms with van der Waals surface area (Å²) < 4.78 is 65.9. The zero-order valence-corrected chi connectivity index (χ0v) is 51.1. The molecule has 0 saturated carbocycles. The number of hydrogen-bond acceptors (Lipinski definition) is 1. The number of nitriles is 1. The SMILES string of the molecule is N#Cc1cc(-n2c3ccccc3c3ccc4c(c5ccccc5n4-c4ccccc4)c32)c(-n2c3ccccc3c3ccccc32)cc1-c1cc(-n2c3ccccc3c3ccccc32)c(-n2c3ccccc3c3ccc4c(c5ccccc5n4-c4ccccc4)c32)cc1C(F)(F)F. The minimum absolute atomic E-state index is 0.0676. The van der Waals surface area contributed by atoms with E-state index in [4.69, 9.17) is 0 Å². The van der Waals surface area contributed by atoms with Gasteiger partial charge in [-0.15, -0.1) is 0 Å². The van der Waals surface area contributed by atoms with E-state index in [1.165, 1.54) is 6.07 Å². The van der Waals surface area contributed by atoms with Crippen molar-refractivity contribution in [1.82, 2.24) is 27.4 Å². The summed E-state index contributed by atoms with van der Waals surface area (Å²) >= 11 is 0. The van der Waals surface area contributed by atoms with Crippen molar-refractivity contribution in [2.75, 3.05) is 0 Å². The van der Waals surface area contributed by atoms with Crippen molar-refractivity contribution in [2.24, 2.45) is 0 Å². The van der Waals surface area contributed by atoms with E-state index < -0.39 is 11.7 Å². The normalized spacial score (nSPS) is 12.3. The van der Waals surface area contributed by atoms with Crippen LogP contribution >= 0.6 is 0 Å². The van der Waals surface area contributed by atoms with Crippen LogP contribution in [-0.4, -0.2) is 27.4 Å². The molecule has 0 N–H and O–H groups in total. The first-order valence-electron chi connectivity index (χ1n) is 32.1. The van der Waals surface area contributed by atoms with Crippen LogP contribution < -0.4 is 0 Å². The third-order valence-electron chi connectivity index (χ3n) is 20.0. The fourth-order valence-corrected chi connectivity index (χ4v) is 16.2. The molecule has 14 aromatic carbocycles. The van der Waals surface area contributed by atoms with Crippen LogP contribution in [-0.2, 0) is 6.18 Å². The van der Waals surface area contributed by atoms with E-state index in [9.17, 15) is 5.26 Å². The minimum atomic E-state index is -4.97. The molecule has 0 aliphatic rings. The summed E-state index contributed by atoms with van der Waals surface area (Å²) in [6.07, 6.45) is -4.97. The number of halogens is 3. The maximum atomic E-state index is 17.6. The number of fused-ring (bicyclic) bond motifs is 20. The Kier molecular flexibility index (Phi) is 11.3. The number of alkyl halides is 3. The van der Waals surface area contributed by atoms with Crippen molar-refractivity contribution >= 4 is 131 Å². The Balaban J connectivity index is 0.964. The van der Waals surface area contributed by atoms with Crippen LogP contribution in [0.2, 0.25) is 0 Å². The molecule has 0 saturated heterocycles. The Morgan fingerprint density at radius 1 is 0.250 bits per heavy atom. The molecule has 20 aromatic rings. The summed E-state index contributed by atoms with van der Waals surface area (Å²) in [6, 6.07) is 104. The smallest absolute Gasteiger partial charge is 0.309 e. The molecule has 0 fully saturated rings. The molecular weight excluding hydrogens is 1190 g/mol. The number of nitrogens with zero attached hydrogens (tertiary/aromatic N) is 7. The lowest BCUT2D eigenvalue weighted by Crippen LogP contribution is -2.13. The van der Waals surface area contributed by atoms with Crippen molar-refractivity contribution in [2.45, 2.75) is 6.18 Å². The highest BCUT2D eigenvalue weighted by Crippen LogP contribution is 2.51. The molecule has 0 bridgehead atoms. The largest absolute Gasteiger partial charge is 0.417 e. The summed E-state index contributed by atoms with van der Waals surface area (Å²) in [5.41, 5.74) is 13.6. The highest BCUT2D eigenvalue weighted by molar-refractivity contribution is 6.28. The summed E-state index contributed by atoms with van der Waals surface area (Å²) in [5.74, 6) is 0. The van der Waals surface area contributed by atoms with Crippen molar-refractivity contribution in [1.29, 1.82) is 5.26 Å². The standard InChI is InChI=1S/C86H50F3N7/c87-86(88,89)67-50-81(96-73-40-20-12-32-60(73)62-44-46-77-83(85(62)96)64-34-14-22-42-75(64)92(77)54-25-5-2-6-26-54)80(94-70-37-17-9-29-57(70)58-30-10-18-38-71(58)94)49-66(67)65-48-79(93-68-35-15-7-27-55(68)56-28-8-16-36-69(56)93)78(47-52(65)51-90)95-72-39-19-11-31-59(72)61-43-45-76-82(84(61)95)63-33-13-21-41-74(63)91(76)53-23-3-1-4-24-53/h1-50H. The van der Waals surface area contributed by atoms with Gasteiger partial charge < -0.3 is 27.4 Å². The fourth-order valence-electron chi connectivity index (χ4n) is 16.2. The first kappa shape index (κ1) is 53.8. The molecule has 0 spiro atoms. The molecule has 0 atom stereocenters. The molecule has 0 unspecified atom stereocenters. The quantitative estimate of drug-likeness (QED) is 0.157. The lowest BCUT2D eigenvalue weighted by molar-refractivity contribution is -0.137. The fraction of sp³-hybridized carbons (Fsp3) is 0.0116. The molecule has 0 aliphatic heterocycles. The van der Waals surface area contributed by atoms with Crippen LogP contribution in [0.1, 0.15) is 11.1 Å². The van der Waals surface area contributed by atoms with Crippen molar-refractivity contribution < 1.29 is 13.2 Å². The summed E-state index contributed by atoms with van der Waals surface area (Å²) in [6.45, 7) is 0. The zero-order valence-electron chi connectivity index (χ0n) is 51.1. The molecule has 7 nitrogen and oxygen atoms in total. The summed E-state index contributed by atoms with van der Waals surface area (Å²) in [7, 11) is 0. The van der Waals surface area contributed by atoms with Gasteiger partial charge >= 0.3 is 6.18 Å². The van der Waals surface area contributed by atoms with Crippen molar-refractivity contribution in [3.8, 4) is 51.3 Å². The maximum absolute atomic E-state index is 17.6. The molecule has 0 radical (unpaired) electrons. The zero-order chi connectivity index (χ0) is 63.7. The lowest BCUT2D eigenvalue weighted by atomic mass is 9.92. The van der Waals surface area contributed by atoms with Gasteiger partial charge in [0.1, 0.15) is 0 Å². The molecule has 0 aliphatic carbocycles. The number of hydrogen-bond donors (Lipinski definition) is 0. The van der Waals surface area contributed by atoms with Gasteiger partial charge in [0.2, 0.25) is 0 Å². The van der Waals surface area contributed by atoms with E-state index in [0.717, 1.165) is 142 Å². The van der Waals surface area contributed by atoms with Gasteiger partial charge in [0.05, 0.1) is 106 Å².